The third-order valence-electron chi connectivity index (χ3n) is 3.60. The molecule has 0 saturated carbocycles. The van der Waals surface area contributed by atoms with Gasteiger partial charge in [-0.2, -0.15) is 5.10 Å². The van der Waals surface area contributed by atoms with E-state index in [-0.39, 0.29) is 5.78 Å². The first kappa shape index (κ1) is 16.6. The van der Waals surface area contributed by atoms with Crippen molar-refractivity contribution >= 4 is 11.9 Å². The van der Waals surface area contributed by atoms with Crippen LogP contribution in [0.5, 0.6) is 11.5 Å². The summed E-state index contributed by atoms with van der Waals surface area (Å²) in [5, 5.41) is 3.97. The van der Waals surface area contributed by atoms with E-state index in [1.165, 1.54) is 10.8 Å². The smallest absolute Gasteiger partial charge is 0.203 e. The molecular formula is C19H18N2O4. The average Bonchev–Trinajstić information content (AvgIpc) is 3.27. The van der Waals surface area contributed by atoms with Gasteiger partial charge in [0.25, 0.3) is 0 Å². The number of allylic oxidation sites excluding steroid dienone is 1. The molecule has 0 N–H and O–H groups in total. The number of benzene rings is 1. The van der Waals surface area contributed by atoms with Crippen LogP contribution in [-0.4, -0.2) is 22.7 Å². The monoisotopic (exact) mass is 338 g/mol. The first-order valence-corrected chi connectivity index (χ1v) is 7.71. The van der Waals surface area contributed by atoms with Crippen molar-refractivity contribution in [2.24, 2.45) is 7.05 Å². The van der Waals surface area contributed by atoms with E-state index in [9.17, 15) is 4.79 Å². The Morgan fingerprint density at radius 1 is 1.16 bits per heavy atom. The Morgan fingerprint density at radius 3 is 2.60 bits per heavy atom. The molecule has 25 heavy (non-hydrogen) atoms. The molecule has 6 nitrogen and oxygen atoms in total. The number of carbonyl (C=O) groups excluding carboxylic acids is 1. The second-order valence-corrected chi connectivity index (χ2v) is 5.31. The van der Waals surface area contributed by atoms with Gasteiger partial charge in [0.1, 0.15) is 35.3 Å². The zero-order valence-corrected chi connectivity index (χ0v) is 14.0. The molecule has 0 atom stereocenters. The molecule has 6 heteroatoms. The molecule has 0 spiro atoms. The number of aryl methyl sites for hydroxylation is 1. The molecule has 1 aromatic carbocycles. The second-order valence-electron chi connectivity index (χ2n) is 5.31. The number of hydrogen-bond acceptors (Lipinski definition) is 5. The van der Waals surface area contributed by atoms with Gasteiger partial charge in [-0.25, -0.2) is 0 Å². The number of furan rings is 1. The van der Waals surface area contributed by atoms with Crippen LogP contribution in [0, 0.1) is 0 Å². The van der Waals surface area contributed by atoms with Crippen molar-refractivity contribution in [1.82, 2.24) is 9.78 Å². The van der Waals surface area contributed by atoms with Crippen molar-refractivity contribution in [3.8, 4) is 11.5 Å². The van der Waals surface area contributed by atoms with Crippen LogP contribution in [0.2, 0.25) is 0 Å². The molecule has 3 rings (SSSR count). The highest BCUT2D eigenvalue weighted by atomic mass is 16.5. The van der Waals surface area contributed by atoms with Gasteiger partial charge in [-0.05, 0) is 54.6 Å². The van der Waals surface area contributed by atoms with E-state index in [2.05, 4.69) is 5.10 Å². The molecule has 0 aliphatic heterocycles. The highest BCUT2D eigenvalue weighted by Crippen LogP contribution is 2.19. The van der Waals surface area contributed by atoms with Gasteiger partial charge in [0.05, 0.1) is 7.11 Å². The van der Waals surface area contributed by atoms with Crippen LogP contribution in [-0.2, 0) is 13.7 Å². The SMILES string of the molecule is COc1ccc(OCc2ccc(/C=C/C(=O)c3ccnn3C)o2)cc1. The summed E-state index contributed by atoms with van der Waals surface area (Å²) >= 11 is 0. The maximum Gasteiger partial charge on any atom is 0.203 e. The van der Waals surface area contributed by atoms with Gasteiger partial charge in [-0.15, -0.1) is 0 Å². The molecule has 0 unspecified atom stereocenters. The van der Waals surface area contributed by atoms with Gasteiger partial charge in [-0.3, -0.25) is 9.48 Å². The molecule has 0 bridgehead atoms. The van der Waals surface area contributed by atoms with Crippen molar-refractivity contribution in [3.63, 3.8) is 0 Å². The van der Waals surface area contributed by atoms with Crippen LogP contribution in [0.15, 0.2) is 59.2 Å². The van der Waals surface area contributed by atoms with E-state index < -0.39 is 0 Å². The lowest BCUT2D eigenvalue weighted by atomic mass is 10.2. The van der Waals surface area contributed by atoms with E-state index in [0.717, 1.165) is 11.5 Å². The fraction of sp³-hybridized carbons (Fsp3) is 0.158. The number of nitrogens with zero attached hydrogens (tertiary/aromatic N) is 2. The molecule has 0 aliphatic carbocycles. The quantitative estimate of drug-likeness (QED) is 0.487. The Kier molecular flexibility index (Phi) is 4.99. The first-order valence-electron chi connectivity index (χ1n) is 7.71. The Bertz CT molecular complexity index is 875. The predicted octanol–water partition coefficient (Wildman–Crippen LogP) is 3.50. The Morgan fingerprint density at radius 2 is 1.92 bits per heavy atom. The summed E-state index contributed by atoms with van der Waals surface area (Å²) < 4.78 is 17.9. The normalized spacial score (nSPS) is 11.0. The van der Waals surface area contributed by atoms with E-state index in [1.54, 1.807) is 38.6 Å². The Labute approximate surface area is 145 Å². The van der Waals surface area contributed by atoms with Crippen molar-refractivity contribution in [2.45, 2.75) is 6.61 Å². The lowest BCUT2D eigenvalue weighted by Crippen LogP contribution is -2.03. The van der Waals surface area contributed by atoms with Gasteiger partial charge < -0.3 is 13.9 Å². The second kappa shape index (κ2) is 7.53. The van der Waals surface area contributed by atoms with Crippen molar-refractivity contribution in [2.75, 3.05) is 7.11 Å². The van der Waals surface area contributed by atoms with E-state index in [4.69, 9.17) is 13.9 Å². The molecule has 3 aromatic rings. The number of ether oxygens (including phenoxy) is 2. The van der Waals surface area contributed by atoms with Crippen LogP contribution in [0.3, 0.4) is 0 Å². The predicted molar refractivity (Wildman–Crippen MR) is 92.6 cm³/mol. The number of hydrogen-bond donors (Lipinski definition) is 0. The number of rotatable bonds is 7. The summed E-state index contributed by atoms with van der Waals surface area (Å²) in [5.74, 6) is 2.62. The molecule has 0 radical (unpaired) electrons. The largest absolute Gasteiger partial charge is 0.497 e. The van der Waals surface area contributed by atoms with Crippen molar-refractivity contribution in [3.05, 3.63) is 72.0 Å². The standard InChI is InChI=1S/C19H18N2O4/c1-21-18(11-12-20-21)19(22)10-9-16-7-8-17(25-16)13-24-15-5-3-14(23-2)4-6-15/h3-12H,13H2,1-2H3/b10-9+. The van der Waals surface area contributed by atoms with Crippen LogP contribution in [0.4, 0.5) is 0 Å². The number of aromatic nitrogens is 2. The molecule has 2 aromatic heterocycles. The van der Waals surface area contributed by atoms with Gasteiger partial charge in [0.2, 0.25) is 5.78 Å². The highest BCUT2D eigenvalue weighted by Gasteiger charge is 2.07. The number of carbonyl (C=O) groups is 1. The van der Waals surface area contributed by atoms with Crippen LogP contribution < -0.4 is 9.47 Å². The Hall–Kier alpha value is -3.28. The summed E-state index contributed by atoms with van der Waals surface area (Å²) in [6.45, 7) is 0.301. The van der Waals surface area contributed by atoms with E-state index in [0.29, 0.717) is 23.8 Å². The molecule has 0 fully saturated rings. The summed E-state index contributed by atoms with van der Waals surface area (Å²) in [6, 6.07) is 12.6. The van der Waals surface area contributed by atoms with Crippen LogP contribution in [0.1, 0.15) is 22.0 Å². The van der Waals surface area contributed by atoms with Crippen LogP contribution >= 0.6 is 0 Å². The topological polar surface area (TPSA) is 66.5 Å². The van der Waals surface area contributed by atoms with Crippen molar-refractivity contribution in [1.29, 1.82) is 0 Å². The minimum absolute atomic E-state index is 0.132. The maximum atomic E-state index is 12.0. The summed E-state index contributed by atoms with van der Waals surface area (Å²) in [7, 11) is 3.34. The minimum Gasteiger partial charge on any atom is -0.497 e. The maximum absolute atomic E-state index is 12.0. The Balaban J connectivity index is 1.57. The molecule has 2 heterocycles. The van der Waals surface area contributed by atoms with E-state index >= 15 is 0 Å². The van der Waals surface area contributed by atoms with Gasteiger partial charge in [-0.1, -0.05) is 0 Å². The first-order chi connectivity index (χ1) is 12.2. The fourth-order valence-corrected chi connectivity index (χ4v) is 2.25. The third-order valence-corrected chi connectivity index (χ3v) is 3.60. The van der Waals surface area contributed by atoms with Gasteiger partial charge >= 0.3 is 0 Å². The molecule has 0 saturated heterocycles. The molecule has 128 valence electrons. The number of methoxy groups -OCH3 is 1. The lowest BCUT2D eigenvalue weighted by molar-refractivity contribution is 0.103. The molecular weight excluding hydrogens is 320 g/mol. The fourth-order valence-electron chi connectivity index (χ4n) is 2.25. The molecule has 0 aliphatic rings. The number of ketones is 1. The minimum atomic E-state index is -0.132. The highest BCUT2D eigenvalue weighted by molar-refractivity contribution is 6.05. The zero-order chi connectivity index (χ0) is 17.6. The van der Waals surface area contributed by atoms with Gasteiger partial charge in [0, 0.05) is 13.2 Å². The zero-order valence-electron chi connectivity index (χ0n) is 14.0. The van der Waals surface area contributed by atoms with Gasteiger partial charge in [0.15, 0.2) is 0 Å². The summed E-state index contributed by atoms with van der Waals surface area (Å²) in [4.78, 5) is 12.0. The average molecular weight is 338 g/mol. The summed E-state index contributed by atoms with van der Waals surface area (Å²) in [5.41, 5.74) is 0.519. The van der Waals surface area contributed by atoms with Crippen molar-refractivity contribution < 1.29 is 18.7 Å². The third kappa shape index (κ3) is 4.17. The van der Waals surface area contributed by atoms with Crippen LogP contribution in [0.25, 0.3) is 6.08 Å². The lowest BCUT2D eigenvalue weighted by Gasteiger charge is -2.05. The molecule has 0 amide bonds. The summed E-state index contributed by atoms with van der Waals surface area (Å²) in [6.07, 6.45) is 4.68. The van der Waals surface area contributed by atoms with E-state index in [1.807, 2.05) is 30.3 Å².